The number of rotatable bonds is 4. The van der Waals surface area contributed by atoms with Gasteiger partial charge in [0.15, 0.2) is 5.13 Å². The van der Waals surface area contributed by atoms with Crippen LogP contribution in [0.2, 0.25) is 0 Å². The van der Waals surface area contributed by atoms with Crippen molar-refractivity contribution in [3.8, 4) is 0 Å². The van der Waals surface area contributed by atoms with Gasteiger partial charge in [-0.05, 0) is 43.4 Å². The van der Waals surface area contributed by atoms with Crippen molar-refractivity contribution in [2.45, 2.75) is 44.1 Å². The van der Waals surface area contributed by atoms with Gasteiger partial charge in [0, 0.05) is 17.5 Å². The van der Waals surface area contributed by atoms with Gasteiger partial charge >= 0.3 is 5.97 Å². The Bertz CT molecular complexity index is 845. The van der Waals surface area contributed by atoms with Crippen molar-refractivity contribution in [3.63, 3.8) is 0 Å². The van der Waals surface area contributed by atoms with E-state index in [0.29, 0.717) is 11.6 Å². The van der Waals surface area contributed by atoms with Crippen LogP contribution in [-0.2, 0) is 20.7 Å². The molecule has 2 aromatic rings. The third kappa shape index (κ3) is 3.35. The number of carbonyl (C=O) groups is 2. The van der Waals surface area contributed by atoms with Crippen LogP contribution in [-0.4, -0.2) is 22.5 Å². The molecule has 2 heterocycles. The Morgan fingerprint density at radius 3 is 2.96 bits per heavy atom. The summed E-state index contributed by atoms with van der Waals surface area (Å²) in [7, 11) is 0. The average molecular weight is 374 g/mol. The first-order valence-electron chi connectivity index (χ1n) is 8.76. The maximum absolute atomic E-state index is 13.3. The number of nitrogens with one attached hydrogen (secondary N) is 1. The van der Waals surface area contributed by atoms with Crippen LogP contribution in [0, 0.1) is 11.7 Å². The fourth-order valence-corrected chi connectivity index (χ4v) is 4.79. The number of halogens is 1. The number of aromatic nitrogens is 1. The normalized spacial score (nSPS) is 21.1. The predicted molar refractivity (Wildman–Crippen MR) is 95.3 cm³/mol. The Kier molecular flexibility index (Phi) is 4.48. The second-order valence-corrected chi connectivity index (χ2v) is 8.05. The summed E-state index contributed by atoms with van der Waals surface area (Å²) in [5.41, 5.74) is 0.231. The molecule has 1 aromatic heterocycles. The van der Waals surface area contributed by atoms with Crippen molar-refractivity contribution >= 4 is 28.3 Å². The van der Waals surface area contributed by atoms with E-state index in [9.17, 15) is 14.0 Å². The van der Waals surface area contributed by atoms with Gasteiger partial charge in [0.25, 0.3) is 0 Å². The van der Waals surface area contributed by atoms with Crippen molar-refractivity contribution in [1.82, 2.24) is 4.98 Å². The van der Waals surface area contributed by atoms with Gasteiger partial charge in [-0.15, -0.1) is 11.3 Å². The molecule has 4 rings (SSSR count). The van der Waals surface area contributed by atoms with E-state index >= 15 is 0 Å². The van der Waals surface area contributed by atoms with E-state index in [2.05, 4.69) is 10.3 Å². The third-order valence-corrected chi connectivity index (χ3v) is 6.05. The minimum absolute atomic E-state index is 0.132. The minimum atomic E-state index is -0.622. The van der Waals surface area contributed by atoms with Gasteiger partial charge in [0.05, 0.1) is 12.3 Å². The monoisotopic (exact) mass is 374 g/mol. The van der Waals surface area contributed by atoms with Crippen LogP contribution in [0.5, 0.6) is 0 Å². The molecule has 2 aliphatic rings. The van der Waals surface area contributed by atoms with Crippen LogP contribution >= 0.6 is 11.3 Å². The molecule has 1 amide bonds. The predicted octanol–water partition coefficient (Wildman–Crippen LogP) is 3.69. The third-order valence-electron chi connectivity index (χ3n) is 5.14. The fraction of sp³-hybridized carbons (Fsp3) is 0.421. The highest BCUT2D eigenvalue weighted by Gasteiger charge is 2.54. The number of hydrogen-bond acceptors (Lipinski definition) is 5. The van der Waals surface area contributed by atoms with Gasteiger partial charge in [-0.2, -0.15) is 0 Å². The molecule has 2 fully saturated rings. The van der Waals surface area contributed by atoms with Gasteiger partial charge < -0.3 is 10.1 Å². The molecule has 1 aromatic carbocycles. The molecule has 1 unspecified atom stereocenters. The quantitative estimate of drug-likeness (QED) is 0.829. The molecular weight excluding hydrogens is 355 g/mol. The number of amides is 1. The number of thiazole rings is 1. The highest BCUT2D eigenvalue weighted by molar-refractivity contribution is 7.15. The first kappa shape index (κ1) is 17.1. The number of benzene rings is 1. The number of esters is 1. The van der Waals surface area contributed by atoms with Gasteiger partial charge in [-0.3, -0.25) is 9.59 Å². The Morgan fingerprint density at radius 2 is 2.19 bits per heavy atom. The molecule has 1 saturated carbocycles. The van der Waals surface area contributed by atoms with Crippen LogP contribution in [0.25, 0.3) is 0 Å². The van der Waals surface area contributed by atoms with E-state index in [0.717, 1.165) is 36.1 Å². The Balaban J connectivity index is 1.44. The zero-order valence-electron chi connectivity index (χ0n) is 14.2. The maximum Gasteiger partial charge on any atom is 0.307 e. The molecule has 7 heteroatoms. The van der Waals surface area contributed by atoms with E-state index in [1.165, 1.54) is 23.5 Å². The number of ether oxygens (including phenoxy) is 1. The number of carbonyl (C=O) groups excluding carboxylic acids is 2. The van der Waals surface area contributed by atoms with Gasteiger partial charge in [0.2, 0.25) is 5.91 Å². The lowest BCUT2D eigenvalue weighted by atomic mass is 9.85. The first-order chi connectivity index (χ1) is 12.5. The fourth-order valence-electron chi connectivity index (χ4n) is 3.94. The Hall–Kier alpha value is -2.28. The molecule has 0 bridgehead atoms. The summed E-state index contributed by atoms with van der Waals surface area (Å²) < 4.78 is 18.8. The van der Waals surface area contributed by atoms with Crippen LogP contribution in [0.1, 0.15) is 42.5 Å². The van der Waals surface area contributed by atoms with E-state index in [-0.39, 0.29) is 24.1 Å². The Labute approximate surface area is 154 Å². The maximum atomic E-state index is 13.3. The zero-order valence-corrected chi connectivity index (χ0v) is 15.0. The highest BCUT2D eigenvalue weighted by atomic mass is 32.1. The average Bonchev–Trinajstić information content (AvgIpc) is 3.30. The Morgan fingerprint density at radius 1 is 1.38 bits per heavy atom. The molecule has 1 saturated heterocycles. The summed E-state index contributed by atoms with van der Waals surface area (Å²) in [6.45, 7) is 0. The van der Waals surface area contributed by atoms with Crippen molar-refractivity contribution in [3.05, 3.63) is 46.7 Å². The van der Waals surface area contributed by atoms with E-state index in [1.54, 1.807) is 12.3 Å². The summed E-state index contributed by atoms with van der Waals surface area (Å²) in [6.07, 6.45) is 5.83. The minimum Gasteiger partial charge on any atom is -0.458 e. The smallest absolute Gasteiger partial charge is 0.307 e. The second-order valence-electron chi connectivity index (χ2n) is 6.93. The molecule has 136 valence electrons. The molecule has 1 N–H and O–H groups in total. The van der Waals surface area contributed by atoms with Crippen LogP contribution in [0.4, 0.5) is 9.52 Å². The van der Waals surface area contributed by atoms with Crippen molar-refractivity contribution in [2.24, 2.45) is 5.92 Å². The van der Waals surface area contributed by atoms with Gasteiger partial charge in [0.1, 0.15) is 11.4 Å². The first-order valence-corrected chi connectivity index (χ1v) is 9.58. The lowest BCUT2D eigenvalue weighted by Crippen LogP contribution is -2.39. The molecule has 1 spiro atoms. The molecular formula is C19H19FN2O3S. The lowest BCUT2D eigenvalue weighted by molar-refractivity contribution is -0.149. The molecule has 0 radical (unpaired) electrons. The lowest BCUT2D eigenvalue weighted by Gasteiger charge is -2.27. The van der Waals surface area contributed by atoms with Crippen molar-refractivity contribution < 1.29 is 18.7 Å². The number of hydrogen-bond donors (Lipinski definition) is 1. The summed E-state index contributed by atoms with van der Waals surface area (Å²) >= 11 is 1.36. The standard InChI is InChI=1S/C19H19FN2O3S/c20-13-5-3-4-12(8-13)9-14-11-21-18(26-14)22-17(24)15-10-16(23)25-19(15)6-1-2-7-19/h3-5,8,11,15H,1-2,6-7,9-10H2,(H,21,22,24). The van der Waals surface area contributed by atoms with Crippen LogP contribution < -0.4 is 5.32 Å². The summed E-state index contributed by atoms with van der Waals surface area (Å²) in [4.78, 5) is 29.6. The highest BCUT2D eigenvalue weighted by Crippen LogP contribution is 2.46. The summed E-state index contributed by atoms with van der Waals surface area (Å²) in [5, 5.41) is 3.33. The van der Waals surface area contributed by atoms with Crippen LogP contribution in [0.3, 0.4) is 0 Å². The molecule has 1 aliphatic heterocycles. The van der Waals surface area contributed by atoms with Crippen LogP contribution in [0.15, 0.2) is 30.5 Å². The zero-order chi connectivity index (χ0) is 18.1. The van der Waals surface area contributed by atoms with Gasteiger partial charge in [-0.1, -0.05) is 12.1 Å². The summed E-state index contributed by atoms with van der Waals surface area (Å²) in [6, 6.07) is 6.42. The van der Waals surface area contributed by atoms with E-state index in [1.807, 2.05) is 6.07 Å². The summed E-state index contributed by atoms with van der Waals surface area (Å²) in [5.74, 6) is -1.22. The largest absolute Gasteiger partial charge is 0.458 e. The number of anilines is 1. The van der Waals surface area contributed by atoms with Crippen molar-refractivity contribution in [2.75, 3.05) is 5.32 Å². The van der Waals surface area contributed by atoms with Crippen molar-refractivity contribution in [1.29, 1.82) is 0 Å². The topological polar surface area (TPSA) is 68.3 Å². The number of nitrogens with zero attached hydrogens (tertiary/aromatic N) is 1. The molecule has 5 nitrogen and oxygen atoms in total. The van der Waals surface area contributed by atoms with Gasteiger partial charge in [-0.25, -0.2) is 9.37 Å². The molecule has 26 heavy (non-hydrogen) atoms. The second kappa shape index (κ2) is 6.79. The van der Waals surface area contributed by atoms with E-state index in [4.69, 9.17) is 4.74 Å². The SMILES string of the molecule is O=C1CC(C(=O)Nc2ncc(Cc3cccc(F)c3)s2)C2(CCCC2)O1. The van der Waals surface area contributed by atoms with E-state index < -0.39 is 11.5 Å². The molecule has 1 atom stereocenters. The molecule has 1 aliphatic carbocycles.